The summed E-state index contributed by atoms with van der Waals surface area (Å²) in [5.74, 6) is -1.67. The number of thioether (sulfide) groups is 1. The Balaban J connectivity index is 1.75. The summed E-state index contributed by atoms with van der Waals surface area (Å²) in [7, 11) is 0. The summed E-state index contributed by atoms with van der Waals surface area (Å²) in [6.45, 7) is 0.370. The van der Waals surface area contributed by atoms with Gasteiger partial charge in [-0.1, -0.05) is 0 Å². The summed E-state index contributed by atoms with van der Waals surface area (Å²) >= 11 is 0.925. The van der Waals surface area contributed by atoms with Gasteiger partial charge in [-0.25, -0.2) is 0 Å². The van der Waals surface area contributed by atoms with E-state index in [9.17, 15) is 32.9 Å². The van der Waals surface area contributed by atoms with Gasteiger partial charge in [0.15, 0.2) is 0 Å². The first-order valence-corrected chi connectivity index (χ1v) is 9.94. The molecule has 0 unspecified atom stereocenters. The van der Waals surface area contributed by atoms with Crippen LogP contribution in [0.5, 0.6) is 5.75 Å². The smallest absolute Gasteiger partial charge is 0.406 e. The molecule has 0 radical (unpaired) electrons. The average Bonchev–Trinajstić information content (AvgIpc) is 2.69. The number of rotatable bonds is 6. The van der Waals surface area contributed by atoms with E-state index in [1.807, 2.05) is 0 Å². The highest BCUT2D eigenvalue weighted by Gasteiger charge is 2.32. The number of nitro benzene ring substituents is 1. The van der Waals surface area contributed by atoms with Crippen LogP contribution in [0.3, 0.4) is 0 Å². The molecule has 0 fully saturated rings. The van der Waals surface area contributed by atoms with Gasteiger partial charge in [0.25, 0.3) is 5.69 Å². The standard InChI is InChI=1S/C19H16F3N3O5S/c20-19(21,22)30-13-4-5-14-11(8-13)2-1-7-24(14)17(26)10-31-16-6-3-12(18(23)27)9-15(16)25(28)29/h3-6,8-9H,1-2,7,10H2,(H2,23,27). The van der Waals surface area contributed by atoms with E-state index < -0.39 is 17.2 Å². The van der Waals surface area contributed by atoms with Gasteiger partial charge in [-0.05, 0) is 48.7 Å². The second-order valence-electron chi connectivity index (χ2n) is 6.58. The first-order valence-electron chi connectivity index (χ1n) is 8.95. The third kappa shape index (κ3) is 5.45. The van der Waals surface area contributed by atoms with Crippen molar-refractivity contribution in [3.63, 3.8) is 0 Å². The quantitative estimate of drug-likeness (QED) is 0.404. The molecular formula is C19H16F3N3O5S. The van der Waals surface area contributed by atoms with E-state index in [0.717, 1.165) is 23.9 Å². The van der Waals surface area contributed by atoms with E-state index in [-0.39, 0.29) is 33.6 Å². The van der Waals surface area contributed by atoms with Gasteiger partial charge in [0.2, 0.25) is 11.8 Å². The van der Waals surface area contributed by atoms with E-state index in [2.05, 4.69) is 4.74 Å². The monoisotopic (exact) mass is 455 g/mol. The van der Waals surface area contributed by atoms with Gasteiger partial charge in [-0.3, -0.25) is 19.7 Å². The number of benzene rings is 2. The van der Waals surface area contributed by atoms with Crippen LogP contribution in [-0.2, 0) is 11.2 Å². The van der Waals surface area contributed by atoms with Crippen LogP contribution in [0.25, 0.3) is 0 Å². The van der Waals surface area contributed by atoms with Crippen LogP contribution in [0, 0.1) is 10.1 Å². The number of nitrogens with zero attached hydrogens (tertiary/aromatic N) is 2. The van der Waals surface area contributed by atoms with Gasteiger partial charge in [0, 0.05) is 23.9 Å². The zero-order valence-corrected chi connectivity index (χ0v) is 16.7. The topological polar surface area (TPSA) is 116 Å². The van der Waals surface area contributed by atoms with E-state index >= 15 is 0 Å². The minimum atomic E-state index is -4.81. The lowest BCUT2D eigenvalue weighted by atomic mass is 10.0. The van der Waals surface area contributed by atoms with Crippen LogP contribution in [0.4, 0.5) is 24.5 Å². The Morgan fingerprint density at radius 1 is 1.23 bits per heavy atom. The normalized spacial score (nSPS) is 13.5. The number of amides is 2. The van der Waals surface area contributed by atoms with Crippen LogP contribution in [0.2, 0.25) is 0 Å². The molecule has 12 heteroatoms. The molecule has 2 amide bonds. The molecule has 2 aromatic carbocycles. The fourth-order valence-corrected chi connectivity index (χ4v) is 4.06. The third-order valence-electron chi connectivity index (χ3n) is 4.50. The maximum Gasteiger partial charge on any atom is 0.573 e. The van der Waals surface area contributed by atoms with E-state index in [1.54, 1.807) is 0 Å². The number of ether oxygens (including phenoxy) is 1. The number of nitrogens with two attached hydrogens (primary N) is 1. The molecule has 2 N–H and O–H groups in total. The number of carbonyl (C=O) groups is 2. The number of aryl methyl sites for hydroxylation is 1. The van der Waals surface area contributed by atoms with E-state index in [4.69, 9.17) is 5.73 Å². The molecule has 31 heavy (non-hydrogen) atoms. The number of carbonyl (C=O) groups excluding carboxylic acids is 2. The van der Waals surface area contributed by atoms with Gasteiger partial charge in [-0.15, -0.1) is 24.9 Å². The number of fused-ring (bicyclic) bond motifs is 1. The Bertz CT molecular complexity index is 1040. The summed E-state index contributed by atoms with van der Waals surface area (Å²) in [5, 5.41) is 11.3. The zero-order valence-electron chi connectivity index (χ0n) is 15.8. The number of nitro groups is 1. The van der Waals surface area contributed by atoms with Crippen molar-refractivity contribution < 1.29 is 32.4 Å². The molecule has 1 aliphatic rings. The Kier molecular flexibility index (Phi) is 6.39. The molecule has 2 aromatic rings. The second kappa shape index (κ2) is 8.84. The van der Waals surface area contributed by atoms with Gasteiger partial charge in [0.05, 0.1) is 15.6 Å². The summed E-state index contributed by atoms with van der Waals surface area (Å²) in [6.07, 6.45) is -3.78. The van der Waals surface area contributed by atoms with Crippen molar-refractivity contribution in [2.45, 2.75) is 24.1 Å². The van der Waals surface area contributed by atoms with Crippen molar-refractivity contribution in [2.75, 3.05) is 17.2 Å². The van der Waals surface area contributed by atoms with Crippen LogP contribution in [0.1, 0.15) is 22.3 Å². The molecule has 1 aliphatic heterocycles. The van der Waals surface area contributed by atoms with Crippen molar-refractivity contribution in [1.82, 2.24) is 0 Å². The van der Waals surface area contributed by atoms with Crippen molar-refractivity contribution >= 4 is 35.0 Å². The molecule has 0 atom stereocenters. The highest BCUT2D eigenvalue weighted by molar-refractivity contribution is 8.00. The van der Waals surface area contributed by atoms with E-state index in [0.29, 0.717) is 30.6 Å². The summed E-state index contributed by atoms with van der Waals surface area (Å²) in [5.41, 5.74) is 5.79. The minimum Gasteiger partial charge on any atom is -0.406 e. The first kappa shape index (κ1) is 22.4. The molecule has 0 spiro atoms. The predicted octanol–water partition coefficient (Wildman–Crippen LogP) is 3.66. The highest BCUT2D eigenvalue weighted by Crippen LogP contribution is 2.34. The number of anilines is 1. The molecular weight excluding hydrogens is 439 g/mol. The number of halogens is 3. The maximum absolute atomic E-state index is 12.8. The van der Waals surface area contributed by atoms with Crippen molar-refractivity contribution in [3.8, 4) is 5.75 Å². The SMILES string of the molecule is NC(=O)c1ccc(SCC(=O)N2CCCc3cc(OC(F)(F)F)ccc32)c([N+](=O)[O-])c1. The lowest BCUT2D eigenvalue weighted by Gasteiger charge is -2.30. The van der Waals surface area contributed by atoms with E-state index in [1.165, 1.54) is 29.2 Å². The minimum absolute atomic E-state index is 0.0239. The van der Waals surface area contributed by atoms with Crippen molar-refractivity contribution in [2.24, 2.45) is 5.73 Å². The molecule has 0 aromatic heterocycles. The summed E-state index contributed by atoms with van der Waals surface area (Å²) in [6, 6.07) is 7.51. The fourth-order valence-electron chi connectivity index (χ4n) is 3.18. The largest absolute Gasteiger partial charge is 0.573 e. The molecule has 1 heterocycles. The Hall–Kier alpha value is -3.28. The van der Waals surface area contributed by atoms with Crippen LogP contribution in [0.15, 0.2) is 41.3 Å². The van der Waals surface area contributed by atoms with Gasteiger partial charge < -0.3 is 15.4 Å². The van der Waals surface area contributed by atoms with Crippen molar-refractivity contribution in [3.05, 3.63) is 57.6 Å². The number of hydrogen-bond donors (Lipinski definition) is 1. The Morgan fingerprint density at radius 2 is 1.97 bits per heavy atom. The average molecular weight is 455 g/mol. The lowest BCUT2D eigenvalue weighted by molar-refractivity contribution is -0.387. The Morgan fingerprint density at radius 3 is 2.61 bits per heavy atom. The molecule has 0 bridgehead atoms. The summed E-state index contributed by atoms with van der Waals surface area (Å²) in [4.78, 5) is 36.2. The third-order valence-corrected chi connectivity index (χ3v) is 5.54. The lowest BCUT2D eigenvalue weighted by Crippen LogP contribution is -2.36. The fraction of sp³-hybridized carbons (Fsp3) is 0.263. The molecule has 0 saturated carbocycles. The van der Waals surface area contributed by atoms with Crippen LogP contribution < -0.4 is 15.4 Å². The number of hydrogen-bond acceptors (Lipinski definition) is 6. The first-order chi connectivity index (χ1) is 14.5. The highest BCUT2D eigenvalue weighted by atomic mass is 32.2. The molecule has 3 rings (SSSR count). The van der Waals surface area contributed by atoms with Crippen LogP contribution in [-0.4, -0.2) is 35.4 Å². The number of alkyl halides is 3. The second-order valence-corrected chi connectivity index (χ2v) is 7.60. The predicted molar refractivity (Wildman–Crippen MR) is 106 cm³/mol. The van der Waals surface area contributed by atoms with Gasteiger partial charge >= 0.3 is 6.36 Å². The maximum atomic E-state index is 12.8. The van der Waals surface area contributed by atoms with Crippen LogP contribution >= 0.6 is 11.8 Å². The van der Waals surface area contributed by atoms with Gasteiger partial charge in [0.1, 0.15) is 5.75 Å². The molecule has 0 saturated heterocycles. The summed E-state index contributed by atoms with van der Waals surface area (Å²) < 4.78 is 41.2. The zero-order chi connectivity index (χ0) is 22.8. The molecule has 8 nitrogen and oxygen atoms in total. The molecule has 164 valence electrons. The molecule has 0 aliphatic carbocycles. The van der Waals surface area contributed by atoms with Gasteiger partial charge in [-0.2, -0.15) is 0 Å². The van der Waals surface area contributed by atoms with Crippen molar-refractivity contribution in [1.29, 1.82) is 0 Å². The Labute approximate surface area is 178 Å². The number of primary amides is 1.